The van der Waals surface area contributed by atoms with E-state index in [9.17, 15) is 23.4 Å². The highest BCUT2D eigenvalue weighted by molar-refractivity contribution is 7.85. The molecular weight excluding hydrogens is 384 g/mol. The molecule has 0 bridgehead atoms. The van der Waals surface area contributed by atoms with E-state index in [4.69, 9.17) is 4.55 Å². The van der Waals surface area contributed by atoms with E-state index in [0.717, 1.165) is 38.5 Å². The second-order valence-corrected chi connectivity index (χ2v) is 8.90. The third-order valence-corrected chi connectivity index (χ3v) is 5.80. The van der Waals surface area contributed by atoms with Crippen LogP contribution in [0.4, 0.5) is 0 Å². The van der Waals surface area contributed by atoms with Gasteiger partial charge in [-0.1, -0.05) is 31.4 Å². The Hall–Kier alpha value is -1.13. The average Bonchev–Trinajstić information content (AvgIpc) is 2.98. The Kier molecular flexibility index (Phi) is 11.1. The van der Waals surface area contributed by atoms with Crippen LogP contribution < -0.4 is 0 Å². The van der Waals surface area contributed by atoms with Crippen LogP contribution in [-0.2, 0) is 14.9 Å². The molecule has 0 aliphatic carbocycles. The second kappa shape index (κ2) is 12.4. The number of quaternary nitrogens is 1. The van der Waals surface area contributed by atoms with Crippen molar-refractivity contribution in [1.82, 2.24) is 0 Å². The second-order valence-electron chi connectivity index (χ2n) is 7.40. The smallest absolute Gasteiger partial charge is 0.267 e. The van der Waals surface area contributed by atoms with E-state index in [1.807, 2.05) is 13.0 Å². The first-order valence-electron chi connectivity index (χ1n) is 10.0. The van der Waals surface area contributed by atoms with Crippen LogP contribution in [0.3, 0.4) is 0 Å². The predicted molar refractivity (Wildman–Crippen MR) is 109 cm³/mol. The van der Waals surface area contributed by atoms with Crippen molar-refractivity contribution in [2.75, 3.05) is 38.5 Å². The molecule has 0 radical (unpaired) electrons. The summed E-state index contributed by atoms with van der Waals surface area (Å²) >= 11 is 0. The van der Waals surface area contributed by atoms with E-state index >= 15 is 0 Å². The van der Waals surface area contributed by atoms with Crippen LogP contribution >= 0.6 is 0 Å². The minimum atomic E-state index is -4.33. The molecule has 0 aromatic heterocycles. The summed E-state index contributed by atoms with van der Waals surface area (Å²) in [5.41, 5.74) is 0. The van der Waals surface area contributed by atoms with Gasteiger partial charge in [0.05, 0.1) is 13.2 Å². The maximum Gasteiger partial charge on any atom is 0.267 e. The molecule has 2 unspecified atom stereocenters. The lowest BCUT2D eigenvalue weighted by molar-refractivity contribution is -0.837. The van der Waals surface area contributed by atoms with E-state index in [-0.39, 0.29) is 30.0 Å². The van der Waals surface area contributed by atoms with Crippen molar-refractivity contribution in [3.8, 4) is 0 Å². The number of amidine groups is 1. The normalized spacial score (nSPS) is 21.2. The van der Waals surface area contributed by atoms with Gasteiger partial charge in [0.25, 0.3) is 16.0 Å². The molecule has 1 rings (SSSR count). The lowest BCUT2D eigenvalue weighted by Crippen LogP contribution is -2.59. The van der Waals surface area contributed by atoms with Gasteiger partial charge in [0, 0.05) is 6.42 Å². The maximum absolute atomic E-state index is 12.7. The van der Waals surface area contributed by atoms with Gasteiger partial charge in [-0.25, -0.2) is 4.99 Å². The van der Waals surface area contributed by atoms with Gasteiger partial charge in [-0.3, -0.25) is 13.8 Å². The van der Waals surface area contributed by atoms with Crippen molar-refractivity contribution in [2.45, 2.75) is 58.0 Å². The van der Waals surface area contributed by atoms with Gasteiger partial charge < -0.3 is 10.2 Å². The highest BCUT2D eigenvalue weighted by atomic mass is 32.2. The monoisotopic (exact) mass is 419 g/mol. The molecule has 0 saturated carbocycles. The Balaban J connectivity index is 2.56. The fourth-order valence-corrected chi connectivity index (χ4v) is 4.28. The molecule has 9 heteroatoms. The van der Waals surface area contributed by atoms with Crippen LogP contribution in [0.1, 0.15) is 51.9 Å². The van der Waals surface area contributed by atoms with Crippen LogP contribution in [0, 0.1) is 0 Å². The lowest BCUT2D eigenvalue weighted by Gasteiger charge is -2.34. The van der Waals surface area contributed by atoms with Gasteiger partial charge >= 0.3 is 0 Å². The van der Waals surface area contributed by atoms with E-state index in [0.29, 0.717) is 25.3 Å². The number of hydrogen-bond acceptors (Lipinski definition) is 6. The minimum absolute atomic E-state index is 0.0324. The molecule has 1 aliphatic heterocycles. The molecule has 0 spiro atoms. The summed E-state index contributed by atoms with van der Waals surface area (Å²) in [6, 6.07) is 0. The number of carbonyl (C=O) groups is 1. The summed E-state index contributed by atoms with van der Waals surface area (Å²) in [5.74, 6) is -0.608. The van der Waals surface area contributed by atoms with Crippen LogP contribution in [0.5, 0.6) is 0 Å². The summed E-state index contributed by atoms with van der Waals surface area (Å²) in [7, 11) is -4.33. The van der Waals surface area contributed by atoms with Crippen molar-refractivity contribution in [1.29, 1.82) is 0 Å². The molecule has 8 nitrogen and oxygen atoms in total. The molecule has 1 heterocycles. The Labute approximate surface area is 168 Å². The molecule has 0 aromatic carbocycles. The van der Waals surface area contributed by atoms with E-state index < -0.39 is 22.0 Å². The van der Waals surface area contributed by atoms with Crippen molar-refractivity contribution >= 4 is 21.7 Å². The quantitative estimate of drug-likeness (QED) is 0.159. The standard InChI is InChI=1S/C19H34N2O6S/c1-2-3-4-5-6-7-8-9-10-18(24)19-20-11-12-21(19,13-14-22)15-17(23)16-28(25,26)27/h2-3,17,22-23H,4-16H2,1H3/p+1/b3-2+. The third-order valence-electron chi connectivity index (χ3n) is 4.99. The Bertz CT molecular complexity index is 647. The third kappa shape index (κ3) is 8.91. The minimum Gasteiger partial charge on any atom is -0.390 e. The number of allylic oxidation sites excluding steroid dienone is 2. The van der Waals surface area contributed by atoms with Gasteiger partial charge in [-0.05, 0) is 26.2 Å². The Morgan fingerprint density at radius 2 is 1.93 bits per heavy atom. The topological polar surface area (TPSA) is 124 Å². The van der Waals surface area contributed by atoms with Crippen molar-refractivity contribution in [3.63, 3.8) is 0 Å². The first-order valence-corrected chi connectivity index (χ1v) is 11.6. The molecule has 2 atom stereocenters. The zero-order valence-corrected chi connectivity index (χ0v) is 17.6. The highest BCUT2D eigenvalue weighted by Gasteiger charge is 2.43. The molecule has 162 valence electrons. The fourth-order valence-electron chi connectivity index (χ4n) is 3.69. The average molecular weight is 420 g/mol. The molecule has 0 fully saturated rings. The van der Waals surface area contributed by atoms with Crippen LogP contribution in [0.15, 0.2) is 17.1 Å². The number of carbonyl (C=O) groups excluding carboxylic acids is 1. The number of hydrogen-bond donors (Lipinski definition) is 3. The summed E-state index contributed by atoms with van der Waals surface area (Å²) in [4.78, 5) is 17.0. The summed E-state index contributed by atoms with van der Waals surface area (Å²) in [6.45, 7) is 2.72. The maximum atomic E-state index is 12.7. The van der Waals surface area contributed by atoms with Gasteiger partial charge in [0.15, 0.2) is 0 Å². The van der Waals surface area contributed by atoms with E-state index in [2.05, 4.69) is 11.1 Å². The first-order chi connectivity index (χ1) is 13.2. The van der Waals surface area contributed by atoms with Gasteiger partial charge in [0.1, 0.15) is 31.5 Å². The van der Waals surface area contributed by atoms with E-state index in [1.54, 1.807) is 0 Å². The summed E-state index contributed by atoms with van der Waals surface area (Å²) < 4.78 is 30.9. The number of Topliss-reactive ketones (excluding diaryl/α,β-unsaturated/α-hetero) is 1. The zero-order chi connectivity index (χ0) is 21.0. The predicted octanol–water partition coefficient (Wildman–Crippen LogP) is 1.33. The Morgan fingerprint density at radius 3 is 2.57 bits per heavy atom. The van der Waals surface area contributed by atoms with Crippen molar-refractivity contribution in [3.05, 3.63) is 12.2 Å². The molecule has 1 aliphatic rings. The van der Waals surface area contributed by atoms with Crippen LogP contribution in [-0.4, -0.2) is 83.9 Å². The van der Waals surface area contributed by atoms with E-state index in [1.165, 1.54) is 0 Å². The molecular formula is C19H35N2O6S+. The van der Waals surface area contributed by atoms with Crippen LogP contribution in [0.25, 0.3) is 0 Å². The SMILES string of the molecule is C/C=C/CCCCCCCC(=O)C1=NCC[N+]1(CCO)CC(O)CS(=O)(=O)O. The number of aliphatic hydroxyl groups excluding tert-OH is 2. The molecule has 0 saturated heterocycles. The van der Waals surface area contributed by atoms with Crippen molar-refractivity contribution < 1.29 is 32.5 Å². The number of ketones is 1. The van der Waals surface area contributed by atoms with Crippen LogP contribution in [0.2, 0.25) is 0 Å². The highest BCUT2D eigenvalue weighted by Crippen LogP contribution is 2.20. The molecule has 28 heavy (non-hydrogen) atoms. The molecule has 0 amide bonds. The zero-order valence-electron chi connectivity index (χ0n) is 16.8. The molecule has 0 aromatic rings. The summed E-state index contributed by atoms with van der Waals surface area (Å²) in [6.07, 6.45) is 9.36. The van der Waals surface area contributed by atoms with Gasteiger partial charge in [-0.15, -0.1) is 0 Å². The summed E-state index contributed by atoms with van der Waals surface area (Å²) in [5, 5.41) is 19.5. The number of aliphatic imine (C=N–C) groups is 1. The number of rotatable bonds is 15. The lowest BCUT2D eigenvalue weighted by atomic mass is 10.1. The van der Waals surface area contributed by atoms with Gasteiger partial charge in [-0.2, -0.15) is 8.42 Å². The fraction of sp³-hybridized carbons (Fsp3) is 0.789. The number of nitrogens with zero attached hydrogens (tertiary/aromatic N) is 2. The first kappa shape index (κ1) is 24.9. The largest absolute Gasteiger partial charge is 0.390 e. The van der Waals surface area contributed by atoms with Crippen molar-refractivity contribution in [2.24, 2.45) is 4.99 Å². The number of unbranched alkanes of at least 4 members (excludes halogenated alkanes) is 5. The number of aliphatic hydroxyl groups is 2. The Morgan fingerprint density at radius 1 is 1.25 bits per heavy atom. The van der Waals surface area contributed by atoms with Gasteiger partial charge in [0.2, 0.25) is 5.78 Å². The molecule has 3 N–H and O–H groups in total.